The molecule has 0 heterocycles. The molecule has 4 N–H and O–H groups in total. The highest BCUT2D eigenvalue weighted by atomic mass is 16.6. The molecule has 0 saturated heterocycles. The quantitative estimate of drug-likeness (QED) is 0.382. The molecule has 0 aliphatic heterocycles. The molecule has 2 rings (SSSR count). The lowest BCUT2D eigenvalue weighted by atomic mass is 9.92. The summed E-state index contributed by atoms with van der Waals surface area (Å²) >= 11 is 0. The Bertz CT molecular complexity index is 1160. The van der Waals surface area contributed by atoms with Gasteiger partial charge in [0.2, 0.25) is 11.8 Å². The molecule has 2 aromatic rings. The van der Waals surface area contributed by atoms with E-state index in [1.54, 1.807) is 78.8 Å². The molecule has 3 amide bonds. The molecular weight excluding hydrogens is 498 g/mol. The molecule has 0 saturated carbocycles. The molecule has 0 aliphatic rings. The standard InChI is InChI=1S/C30H43N3O6/c1-18(2)31-26(36)24(22-12-10-11-19(3)25(22)35)33(29(4,5)6)27(37)23(32-28(38)39-30(7,8)9)17-20-13-15-21(34)16-14-20/h10-16,18,23-24,34-35H,17H2,1-9H3,(H,31,36)(H,32,38). The van der Waals surface area contributed by atoms with E-state index in [1.165, 1.54) is 17.0 Å². The van der Waals surface area contributed by atoms with E-state index < -0.39 is 41.1 Å². The molecule has 2 unspecified atom stereocenters. The summed E-state index contributed by atoms with van der Waals surface area (Å²) in [5.74, 6) is -1.02. The second kappa shape index (κ2) is 12.4. The van der Waals surface area contributed by atoms with Crippen LogP contribution in [-0.2, 0) is 20.7 Å². The van der Waals surface area contributed by atoms with Crippen LogP contribution in [0.4, 0.5) is 4.79 Å². The Hall–Kier alpha value is -3.75. The second-order valence-corrected chi connectivity index (χ2v) is 12.0. The minimum Gasteiger partial charge on any atom is -0.508 e. The molecule has 2 atom stereocenters. The number of carbonyl (C=O) groups is 3. The van der Waals surface area contributed by atoms with Crippen LogP contribution in [-0.4, -0.2) is 56.2 Å². The summed E-state index contributed by atoms with van der Waals surface area (Å²) in [7, 11) is 0. The van der Waals surface area contributed by atoms with Gasteiger partial charge in [0.15, 0.2) is 0 Å². The molecular formula is C30H43N3O6. The first-order valence-corrected chi connectivity index (χ1v) is 13.1. The van der Waals surface area contributed by atoms with Crippen LogP contribution in [0.1, 0.15) is 78.1 Å². The molecule has 9 heteroatoms. The van der Waals surface area contributed by atoms with Gasteiger partial charge in [-0.15, -0.1) is 0 Å². The Balaban J connectivity index is 2.66. The number of para-hydroxylation sites is 1. The Morgan fingerprint density at radius 1 is 0.923 bits per heavy atom. The topological polar surface area (TPSA) is 128 Å². The Morgan fingerprint density at radius 2 is 1.51 bits per heavy atom. The van der Waals surface area contributed by atoms with Gasteiger partial charge in [0, 0.05) is 23.6 Å². The third-order valence-electron chi connectivity index (χ3n) is 5.83. The fourth-order valence-electron chi connectivity index (χ4n) is 4.19. The van der Waals surface area contributed by atoms with Gasteiger partial charge in [0.1, 0.15) is 29.2 Å². The minimum absolute atomic E-state index is 0.0680. The SMILES string of the molecule is Cc1cccc(C(C(=O)NC(C)C)N(C(=O)C(Cc2ccc(O)cc2)NC(=O)OC(C)(C)C)C(C)(C)C)c1O. The maximum atomic E-state index is 14.4. The van der Waals surface area contributed by atoms with E-state index in [0.29, 0.717) is 11.1 Å². The second-order valence-electron chi connectivity index (χ2n) is 12.0. The van der Waals surface area contributed by atoms with Gasteiger partial charge in [-0.1, -0.05) is 30.3 Å². The van der Waals surface area contributed by atoms with Crippen molar-refractivity contribution in [1.82, 2.24) is 15.5 Å². The highest BCUT2D eigenvalue weighted by Gasteiger charge is 2.43. The number of rotatable bonds is 8. The minimum atomic E-state index is -1.19. The Morgan fingerprint density at radius 3 is 2.03 bits per heavy atom. The van der Waals surface area contributed by atoms with E-state index in [0.717, 1.165) is 0 Å². The zero-order chi connectivity index (χ0) is 29.7. The van der Waals surface area contributed by atoms with E-state index in [1.807, 2.05) is 13.8 Å². The van der Waals surface area contributed by atoms with Gasteiger partial charge in [-0.05, 0) is 85.6 Å². The number of benzene rings is 2. The van der Waals surface area contributed by atoms with Crippen molar-refractivity contribution in [2.45, 2.75) is 98.0 Å². The van der Waals surface area contributed by atoms with Crippen LogP contribution in [0.25, 0.3) is 0 Å². The predicted octanol–water partition coefficient (Wildman–Crippen LogP) is 4.74. The Kier molecular flexibility index (Phi) is 10.0. The smallest absolute Gasteiger partial charge is 0.408 e. The number of alkyl carbamates (subject to hydrolysis) is 1. The molecule has 0 radical (unpaired) electrons. The van der Waals surface area contributed by atoms with E-state index in [9.17, 15) is 24.6 Å². The molecule has 0 spiro atoms. The molecule has 0 fully saturated rings. The number of nitrogens with zero attached hydrogens (tertiary/aromatic N) is 1. The largest absolute Gasteiger partial charge is 0.508 e. The average Bonchev–Trinajstić information content (AvgIpc) is 2.77. The van der Waals surface area contributed by atoms with E-state index >= 15 is 0 Å². The van der Waals surface area contributed by atoms with Crippen LogP contribution in [0, 0.1) is 6.92 Å². The van der Waals surface area contributed by atoms with Crippen LogP contribution in [0.5, 0.6) is 11.5 Å². The van der Waals surface area contributed by atoms with Crippen molar-refractivity contribution < 1.29 is 29.3 Å². The van der Waals surface area contributed by atoms with Crippen molar-refractivity contribution in [3.63, 3.8) is 0 Å². The van der Waals surface area contributed by atoms with Crippen molar-refractivity contribution >= 4 is 17.9 Å². The first kappa shape index (κ1) is 31.5. The van der Waals surface area contributed by atoms with Gasteiger partial charge in [-0.2, -0.15) is 0 Å². The average molecular weight is 542 g/mol. The fourth-order valence-corrected chi connectivity index (χ4v) is 4.19. The number of phenolic OH excluding ortho intramolecular Hbond substituents is 2. The number of aromatic hydroxyl groups is 2. The highest BCUT2D eigenvalue weighted by Crippen LogP contribution is 2.36. The summed E-state index contributed by atoms with van der Waals surface area (Å²) in [6.45, 7) is 15.9. The maximum absolute atomic E-state index is 14.4. The van der Waals surface area contributed by atoms with Crippen molar-refractivity contribution in [2.24, 2.45) is 0 Å². The van der Waals surface area contributed by atoms with Crippen LogP contribution in [0.2, 0.25) is 0 Å². The van der Waals surface area contributed by atoms with Crippen molar-refractivity contribution in [3.05, 3.63) is 59.2 Å². The summed E-state index contributed by atoms with van der Waals surface area (Å²) < 4.78 is 5.44. The number of nitrogens with one attached hydrogen (secondary N) is 2. The van der Waals surface area contributed by atoms with E-state index in [-0.39, 0.29) is 29.5 Å². The molecule has 0 aliphatic carbocycles. The molecule has 2 aromatic carbocycles. The lowest BCUT2D eigenvalue weighted by Gasteiger charge is -2.43. The number of hydrogen-bond donors (Lipinski definition) is 4. The molecule has 0 aromatic heterocycles. The number of carbonyl (C=O) groups excluding carboxylic acids is 3. The molecule has 9 nitrogen and oxygen atoms in total. The molecule has 0 bridgehead atoms. The van der Waals surface area contributed by atoms with Gasteiger partial charge >= 0.3 is 6.09 Å². The van der Waals surface area contributed by atoms with Crippen molar-refractivity contribution in [2.75, 3.05) is 0 Å². The third-order valence-corrected chi connectivity index (χ3v) is 5.83. The lowest BCUT2D eigenvalue weighted by molar-refractivity contribution is -0.148. The van der Waals surface area contributed by atoms with E-state index in [4.69, 9.17) is 4.74 Å². The van der Waals surface area contributed by atoms with E-state index in [2.05, 4.69) is 10.6 Å². The monoisotopic (exact) mass is 541 g/mol. The fraction of sp³-hybridized carbons (Fsp3) is 0.500. The lowest BCUT2D eigenvalue weighted by Crippen LogP contribution is -2.59. The zero-order valence-electron chi connectivity index (χ0n) is 24.5. The summed E-state index contributed by atoms with van der Waals surface area (Å²) in [5, 5.41) is 26.3. The zero-order valence-corrected chi connectivity index (χ0v) is 24.5. The van der Waals surface area contributed by atoms with Gasteiger partial charge in [0.05, 0.1) is 0 Å². The summed E-state index contributed by atoms with van der Waals surface area (Å²) in [4.78, 5) is 42.3. The first-order chi connectivity index (χ1) is 17.9. The van der Waals surface area contributed by atoms with Crippen LogP contribution >= 0.6 is 0 Å². The normalized spacial score (nSPS) is 13.4. The van der Waals surface area contributed by atoms with Crippen LogP contribution < -0.4 is 10.6 Å². The van der Waals surface area contributed by atoms with Gasteiger partial charge < -0.3 is 30.5 Å². The Labute approximate surface area is 231 Å². The summed E-state index contributed by atoms with van der Waals surface area (Å²) in [6.07, 6.45) is -0.710. The van der Waals surface area contributed by atoms with Crippen molar-refractivity contribution in [3.8, 4) is 11.5 Å². The van der Waals surface area contributed by atoms with Crippen LogP contribution in [0.15, 0.2) is 42.5 Å². The number of amides is 3. The summed E-state index contributed by atoms with van der Waals surface area (Å²) in [6, 6.07) is 8.83. The number of ether oxygens (including phenoxy) is 1. The number of phenols is 2. The third kappa shape index (κ3) is 8.90. The summed E-state index contributed by atoms with van der Waals surface area (Å²) in [5.41, 5.74) is -0.194. The molecule has 39 heavy (non-hydrogen) atoms. The number of hydrogen-bond acceptors (Lipinski definition) is 6. The van der Waals surface area contributed by atoms with Gasteiger partial charge in [0.25, 0.3) is 0 Å². The first-order valence-electron chi connectivity index (χ1n) is 13.1. The predicted molar refractivity (Wildman–Crippen MR) is 150 cm³/mol. The van der Waals surface area contributed by atoms with Crippen molar-refractivity contribution in [1.29, 1.82) is 0 Å². The highest BCUT2D eigenvalue weighted by molar-refractivity contribution is 5.93. The van der Waals surface area contributed by atoms with Gasteiger partial charge in [-0.25, -0.2) is 4.79 Å². The van der Waals surface area contributed by atoms with Crippen LogP contribution in [0.3, 0.4) is 0 Å². The maximum Gasteiger partial charge on any atom is 0.408 e. The van der Waals surface area contributed by atoms with Gasteiger partial charge in [-0.3, -0.25) is 9.59 Å². The molecule has 214 valence electrons. The number of aryl methyl sites for hydroxylation is 1.